The fraction of sp³-hybridized carbons (Fsp3) is 0.619. The highest BCUT2D eigenvalue weighted by atomic mass is 35.5. The summed E-state index contributed by atoms with van der Waals surface area (Å²) in [5, 5.41) is 2.92. The molecule has 1 aliphatic heterocycles. The molecule has 1 aliphatic carbocycles. The average Bonchev–Trinajstić information content (AvgIpc) is 2.67. The van der Waals surface area contributed by atoms with E-state index >= 15 is 0 Å². The van der Waals surface area contributed by atoms with E-state index in [0.717, 1.165) is 11.3 Å². The molecule has 0 spiro atoms. The number of anilines is 1. The van der Waals surface area contributed by atoms with Gasteiger partial charge in [0.15, 0.2) is 0 Å². The van der Waals surface area contributed by atoms with Crippen molar-refractivity contribution in [2.75, 3.05) is 38.1 Å². The largest absolute Gasteiger partial charge is 0.378 e. The van der Waals surface area contributed by atoms with Crippen LogP contribution in [0.3, 0.4) is 0 Å². The lowest BCUT2D eigenvalue weighted by Gasteiger charge is -2.59. The van der Waals surface area contributed by atoms with Crippen LogP contribution in [-0.2, 0) is 9.53 Å². The maximum Gasteiger partial charge on any atom is 0.321 e. The van der Waals surface area contributed by atoms with Crippen molar-refractivity contribution in [2.24, 2.45) is 11.1 Å². The van der Waals surface area contributed by atoms with Crippen LogP contribution in [0.1, 0.15) is 32.8 Å². The maximum absolute atomic E-state index is 13.1. The number of rotatable bonds is 4. The Bertz CT molecular complexity index is 749. The van der Waals surface area contributed by atoms with Gasteiger partial charge >= 0.3 is 6.03 Å². The van der Waals surface area contributed by atoms with E-state index < -0.39 is 11.0 Å². The molecule has 0 radical (unpaired) electrons. The Morgan fingerprint density at radius 2 is 1.83 bits per heavy atom. The summed E-state index contributed by atoms with van der Waals surface area (Å²) in [5.74, 6) is -0.0350. The normalized spacial score (nSPS) is 25.6. The van der Waals surface area contributed by atoms with Crippen molar-refractivity contribution in [1.82, 2.24) is 9.80 Å². The van der Waals surface area contributed by atoms with Crippen molar-refractivity contribution < 1.29 is 14.3 Å². The first kappa shape index (κ1) is 23.4. The molecule has 3 N–H and O–H groups in total. The van der Waals surface area contributed by atoms with Gasteiger partial charge in [0.2, 0.25) is 5.91 Å². The summed E-state index contributed by atoms with van der Waals surface area (Å²) >= 11 is 0. The van der Waals surface area contributed by atoms with Gasteiger partial charge in [0.1, 0.15) is 5.54 Å². The summed E-state index contributed by atoms with van der Waals surface area (Å²) in [6.07, 6.45) is 0.550. The Morgan fingerprint density at radius 3 is 2.38 bits per heavy atom. The molecular formula is C21H33ClN4O3. The number of aryl methyl sites for hydroxylation is 1. The van der Waals surface area contributed by atoms with Crippen LogP contribution in [0.2, 0.25) is 0 Å². The molecule has 3 amide bonds. The topological polar surface area (TPSA) is 87.9 Å². The van der Waals surface area contributed by atoms with E-state index in [1.165, 1.54) is 0 Å². The van der Waals surface area contributed by atoms with Gasteiger partial charge in [-0.3, -0.25) is 4.79 Å². The van der Waals surface area contributed by atoms with Gasteiger partial charge in [-0.2, -0.15) is 0 Å². The number of ether oxygens (including phenoxy) is 1. The van der Waals surface area contributed by atoms with Crippen LogP contribution >= 0.6 is 12.4 Å². The second kappa shape index (κ2) is 8.90. The van der Waals surface area contributed by atoms with E-state index in [4.69, 9.17) is 10.5 Å². The van der Waals surface area contributed by atoms with Gasteiger partial charge < -0.3 is 25.6 Å². The molecule has 162 valence electrons. The van der Waals surface area contributed by atoms with Crippen molar-refractivity contribution in [3.05, 3.63) is 29.8 Å². The van der Waals surface area contributed by atoms with Crippen molar-refractivity contribution in [3.8, 4) is 0 Å². The molecular weight excluding hydrogens is 392 g/mol. The quantitative estimate of drug-likeness (QED) is 0.777. The van der Waals surface area contributed by atoms with Crippen molar-refractivity contribution in [3.63, 3.8) is 0 Å². The number of nitrogens with two attached hydrogens (primary N) is 1. The standard InChI is InChI=1S/C21H32N4O3.ClH/c1-5-28-17-14-21(22,20(17,3)4)18(26)24-9-11-25(12-10-24)19(27)23-16-8-6-7-15(2)13-16;/h6-8,13,17H,5,9-12,14,22H2,1-4H3,(H,23,27);1H. The molecule has 2 fully saturated rings. The number of piperazine rings is 1. The summed E-state index contributed by atoms with van der Waals surface area (Å²) in [7, 11) is 0. The molecule has 2 aliphatic rings. The van der Waals surface area contributed by atoms with Crippen LogP contribution in [0.5, 0.6) is 0 Å². The average molecular weight is 425 g/mol. The lowest BCUT2D eigenvalue weighted by Crippen LogP contribution is -2.76. The highest BCUT2D eigenvalue weighted by molar-refractivity contribution is 5.91. The molecule has 3 rings (SSSR count). The second-order valence-electron chi connectivity index (χ2n) is 8.42. The summed E-state index contributed by atoms with van der Waals surface area (Å²) in [5.41, 5.74) is 7.09. The molecule has 2 atom stereocenters. The Hall–Kier alpha value is -1.83. The SMILES string of the molecule is CCOC1CC(N)(C(=O)N2CCN(C(=O)Nc3cccc(C)c3)CC2)C1(C)C.Cl. The summed E-state index contributed by atoms with van der Waals surface area (Å²) in [6.45, 7) is 10.5. The lowest BCUT2D eigenvalue weighted by atomic mass is 9.54. The number of carbonyl (C=O) groups is 2. The van der Waals surface area contributed by atoms with Gasteiger partial charge in [0.05, 0.1) is 6.10 Å². The minimum Gasteiger partial charge on any atom is -0.378 e. The van der Waals surface area contributed by atoms with Crippen molar-refractivity contribution in [2.45, 2.75) is 45.8 Å². The van der Waals surface area contributed by atoms with E-state index in [0.29, 0.717) is 39.2 Å². The fourth-order valence-electron chi connectivity index (χ4n) is 4.12. The molecule has 29 heavy (non-hydrogen) atoms. The molecule has 8 heteroatoms. The predicted molar refractivity (Wildman–Crippen MR) is 116 cm³/mol. The van der Waals surface area contributed by atoms with E-state index in [2.05, 4.69) is 5.32 Å². The van der Waals surface area contributed by atoms with Crippen molar-refractivity contribution in [1.29, 1.82) is 0 Å². The molecule has 0 bridgehead atoms. The van der Waals surface area contributed by atoms with Gasteiger partial charge in [0.25, 0.3) is 0 Å². The highest BCUT2D eigenvalue weighted by Gasteiger charge is 2.63. The number of urea groups is 1. The number of benzene rings is 1. The third kappa shape index (κ3) is 4.37. The summed E-state index contributed by atoms with van der Waals surface area (Å²) in [6, 6.07) is 7.57. The monoisotopic (exact) mass is 424 g/mol. The minimum atomic E-state index is -0.904. The Morgan fingerprint density at radius 1 is 1.21 bits per heavy atom. The van der Waals surface area contributed by atoms with E-state index in [9.17, 15) is 9.59 Å². The zero-order valence-corrected chi connectivity index (χ0v) is 18.6. The number of carbonyl (C=O) groups excluding carboxylic acids is 2. The number of nitrogens with one attached hydrogen (secondary N) is 1. The summed E-state index contributed by atoms with van der Waals surface area (Å²) < 4.78 is 5.73. The number of halogens is 1. The number of nitrogens with zero attached hydrogens (tertiary/aromatic N) is 2. The van der Waals surface area contributed by atoms with Crippen LogP contribution < -0.4 is 11.1 Å². The number of hydrogen-bond donors (Lipinski definition) is 2. The molecule has 1 aromatic carbocycles. The Balaban J connectivity index is 0.00000300. The van der Waals surface area contributed by atoms with Gasteiger partial charge in [-0.1, -0.05) is 26.0 Å². The Labute approximate surface area is 179 Å². The van der Waals surface area contributed by atoms with Crippen LogP contribution in [-0.4, -0.2) is 66.2 Å². The smallest absolute Gasteiger partial charge is 0.321 e. The number of hydrogen-bond acceptors (Lipinski definition) is 4. The zero-order valence-electron chi connectivity index (χ0n) is 17.7. The Kier molecular flexibility index (Phi) is 7.19. The van der Waals surface area contributed by atoms with Crippen LogP contribution in [0.25, 0.3) is 0 Å². The van der Waals surface area contributed by atoms with Gasteiger partial charge in [-0.05, 0) is 31.5 Å². The van der Waals surface area contributed by atoms with E-state index in [-0.39, 0.29) is 30.4 Å². The van der Waals surface area contributed by atoms with E-state index in [1.54, 1.807) is 9.80 Å². The highest BCUT2D eigenvalue weighted by Crippen LogP contribution is 2.50. The third-order valence-corrected chi connectivity index (χ3v) is 6.34. The van der Waals surface area contributed by atoms with Gasteiger partial charge in [-0.15, -0.1) is 12.4 Å². The fourth-order valence-corrected chi connectivity index (χ4v) is 4.12. The molecule has 1 aromatic rings. The second-order valence-corrected chi connectivity index (χ2v) is 8.42. The van der Waals surface area contributed by atoms with Gasteiger partial charge in [-0.25, -0.2) is 4.79 Å². The number of amides is 3. The molecule has 2 unspecified atom stereocenters. The van der Waals surface area contributed by atoms with E-state index in [1.807, 2.05) is 52.0 Å². The predicted octanol–water partition coefficient (Wildman–Crippen LogP) is 2.63. The summed E-state index contributed by atoms with van der Waals surface area (Å²) in [4.78, 5) is 29.1. The van der Waals surface area contributed by atoms with Gasteiger partial charge in [0, 0.05) is 50.3 Å². The van der Waals surface area contributed by atoms with Crippen LogP contribution in [0.15, 0.2) is 24.3 Å². The maximum atomic E-state index is 13.1. The first-order valence-corrected chi connectivity index (χ1v) is 10.0. The van der Waals surface area contributed by atoms with Crippen molar-refractivity contribution >= 4 is 30.0 Å². The molecule has 1 saturated heterocycles. The minimum absolute atomic E-state index is 0. The first-order valence-electron chi connectivity index (χ1n) is 10.0. The molecule has 1 saturated carbocycles. The molecule has 7 nitrogen and oxygen atoms in total. The zero-order chi connectivity index (χ0) is 20.5. The lowest BCUT2D eigenvalue weighted by molar-refractivity contribution is -0.180. The molecule has 0 aromatic heterocycles. The van der Waals surface area contributed by atoms with Crippen LogP contribution in [0.4, 0.5) is 10.5 Å². The third-order valence-electron chi connectivity index (χ3n) is 6.34. The first-order chi connectivity index (χ1) is 13.2. The molecule has 1 heterocycles. The van der Waals surface area contributed by atoms with Crippen LogP contribution in [0, 0.1) is 12.3 Å².